The van der Waals surface area contributed by atoms with Gasteiger partial charge in [-0.15, -0.1) is 0 Å². The monoisotopic (exact) mass is 480 g/mol. The first-order valence-electron chi connectivity index (χ1n) is 12.3. The van der Waals surface area contributed by atoms with Gasteiger partial charge in [0.05, 0.1) is 19.6 Å². The Bertz CT molecular complexity index is 1100. The molecule has 5 rings (SSSR count). The molecule has 2 fully saturated rings. The summed E-state index contributed by atoms with van der Waals surface area (Å²) in [6.07, 6.45) is 4.86. The van der Waals surface area contributed by atoms with Crippen molar-refractivity contribution in [3.05, 3.63) is 47.5 Å². The molecular formula is C27H32N2O6. The minimum absolute atomic E-state index is 0.0683. The lowest BCUT2D eigenvalue weighted by molar-refractivity contribution is -0.140. The van der Waals surface area contributed by atoms with Gasteiger partial charge in [0.1, 0.15) is 0 Å². The summed E-state index contributed by atoms with van der Waals surface area (Å²) < 4.78 is 21.7. The number of hydrogen-bond donors (Lipinski definition) is 0. The summed E-state index contributed by atoms with van der Waals surface area (Å²) in [6, 6.07) is 11.1. The maximum Gasteiger partial charge on any atom is 0.254 e. The summed E-state index contributed by atoms with van der Waals surface area (Å²) in [7, 11) is 3.12. The first-order valence-corrected chi connectivity index (χ1v) is 12.3. The Balaban J connectivity index is 1.30. The van der Waals surface area contributed by atoms with Gasteiger partial charge in [0.25, 0.3) is 5.91 Å². The van der Waals surface area contributed by atoms with E-state index in [1.165, 1.54) is 0 Å². The lowest BCUT2D eigenvalue weighted by Gasteiger charge is -2.43. The molecule has 0 atom stereocenters. The van der Waals surface area contributed by atoms with Gasteiger partial charge in [0.15, 0.2) is 23.0 Å². The van der Waals surface area contributed by atoms with Crippen LogP contribution < -0.4 is 18.9 Å². The molecule has 0 N–H and O–H groups in total. The van der Waals surface area contributed by atoms with Crippen LogP contribution in [-0.4, -0.2) is 68.8 Å². The van der Waals surface area contributed by atoms with Crippen molar-refractivity contribution in [3.8, 4) is 23.0 Å². The van der Waals surface area contributed by atoms with Crippen LogP contribution in [0.1, 0.15) is 48.0 Å². The summed E-state index contributed by atoms with van der Waals surface area (Å²) in [6.45, 7) is 2.25. The highest BCUT2D eigenvalue weighted by molar-refractivity contribution is 5.95. The van der Waals surface area contributed by atoms with Gasteiger partial charge in [-0.25, -0.2) is 0 Å². The number of rotatable bonds is 5. The van der Waals surface area contributed by atoms with Gasteiger partial charge in [-0.1, -0.05) is 25.3 Å². The molecule has 8 nitrogen and oxygen atoms in total. The molecule has 1 saturated heterocycles. The smallest absolute Gasteiger partial charge is 0.254 e. The molecule has 2 aromatic rings. The number of hydrogen-bond acceptors (Lipinski definition) is 6. The second-order valence-electron chi connectivity index (χ2n) is 9.36. The molecule has 2 aliphatic heterocycles. The predicted octanol–water partition coefficient (Wildman–Crippen LogP) is 3.62. The average molecular weight is 481 g/mol. The second kappa shape index (κ2) is 9.68. The molecule has 0 radical (unpaired) electrons. The molecule has 35 heavy (non-hydrogen) atoms. The molecule has 186 valence electrons. The van der Waals surface area contributed by atoms with Gasteiger partial charge in [-0.05, 0) is 48.7 Å². The fraction of sp³-hybridized carbons (Fsp3) is 0.481. The van der Waals surface area contributed by atoms with E-state index >= 15 is 0 Å². The maximum absolute atomic E-state index is 14.0. The zero-order chi connectivity index (χ0) is 24.4. The molecule has 8 heteroatoms. The number of carbonyl (C=O) groups is 2. The van der Waals surface area contributed by atoms with E-state index in [1.54, 1.807) is 37.3 Å². The van der Waals surface area contributed by atoms with Crippen molar-refractivity contribution >= 4 is 11.8 Å². The van der Waals surface area contributed by atoms with E-state index in [1.807, 2.05) is 23.1 Å². The van der Waals surface area contributed by atoms with E-state index in [9.17, 15) is 9.59 Å². The molecule has 0 aromatic heterocycles. The highest BCUT2D eigenvalue weighted by Crippen LogP contribution is 2.44. The number of piperazine rings is 1. The van der Waals surface area contributed by atoms with E-state index in [0.29, 0.717) is 49.0 Å². The zero-order valence-electron chi connectivity index (χ0n) is 20.4. The van der Waals surface area contributed by atoms with Crippen LogP contribution >= 0.6 is 0 Å². The number of carbonyl (C=O) groups excluding carboxylic acids is 2. The SMILES string of the molecule is COc1ccc(C(=O)N2CCN(C(=O)C3(c4ccc5c(c4)OCO5)CCCCC3)CC2)cc1OC. The highest BCUT2D eigenvalue weighted by Gasteiger charge is 2.45. The molecule has 0 unspecified atom stereocenters. The number of nitrogens with zero attached hydrogens (tertiary/aromatic N) is 2. The van der Waals surface area contributed by atoms with Crippen molar-refractivity contribution in [1.82, 2.24) is 9.80 Å². The number of methoxy groups -OCH3 is 2. The first kappa shape index (κ1) is 23.3. The Kier molecular flexibility index (Phi) is 6.45. The predicted molar refractivity (Wildman–Crippen MR) is 129 cm³/mol. The molecule has 1 aliphatic carbocycles. The molecule has 1 saturated carbocycles. The third-order valence-electron chi connectivity index (χ3n) is 7.53. The quantitative estimate of drug-likeness (QED) is 0.651. The number of fused-ring (bicyclic) bond motifs is 1. The van der Waals surface area contributed by atoms with E-state index in [-0.39, 0.29) is 18.6 Å². The van der Waals surface area contributed by atoms with Gasteiger partial charge in [0.2, 0.25) is 12.7 Å². The average Bonchev–Trinajstić information content (AvgIpc) is 3.40. The minimum atomic E-state index is -0.547. The van der Waals surface area contributed by atoms with E-state index < -0.39 is 5.41 Å². The van der Waals surface area contributed by atoms with Crippen LogP contribution in [0, 0.1) is 0 Å². The van der Waals surface area contributed by atoms with E-state index in [0.717, 1.165) is 43.4 Å². The highest BCUT2D eigenvalue weighted by atomic mass is 16.7. The molecule has 2 amide bonds. The summed E-state index contributed by atoms with van der Waals surface area (Å²) in [5.41, 5.74) is 1.01. The van der Waals surface area contributed by atoms with Gasteiger partial charge in [-0.3, -0.25) is 9.59 Å². The van der Waals surface area contributed by atoms with Crippen molar-refractivity contribution in [2.24, 2.45) is 0 Å². The van der Waals surface area contributed by atoms with Gasteiger partial charge in [-0.2, -0.15) is 0 Å². The van der Waals surface area contributed by atoms with Crippen LogP contribution in [0.15, 0.2) is 36.4 Å². The summed E-state index contributed by atoms with van der Waals surface area (Å²) in [4.78, 5) is 30.9. The third-order valence-corrected chi connectivity index (χ3v) is 7.53. The second-order valence-corrected chi connectivity index (χ2v) is 9.36. The Labute approximate surface area is 205 Å². The Morgan fingerprint density at radius 2 is 1.49 bits per heavy atom. The molecule has 0 bridgehead atoms. The Hall–Kier alpha value is -3.42. The van der Waals surface area contributed by atoms with E-state index in [4.69, 9.17) is 18.9 Å². The lowest BCUT2D eigenvalue weighted by atomic mass is 9.68. The van der Waals surface area contributed by atoms with Crippen LogP contribution in [0.3, 0.4) is 0 Å². The van der Waals surface area contributed by atoms with Gasteiger partial charge in [0, 0.05) is 31.7 Å². The number of amides is 2. The van der Waals surface area contributed by atoms with Crippen LogP contribution in [-0.2, 0) is 10.2 Å². The molecule has 3 aliphatic rings. The molecule has 2 aromatic carbocycles. The van der Waals surface area contributed by atoms with Crippen LogP contribution in [0.5, 0.6) is 23.0 Å². The standard InChI is InChI=1S/C27H32N2O6/c1-32-21-8-6-19(16-23(21)33-2)25(30)28-12-14-29(15-13-28)26(31)27(10-4-3-5-11-27)20-7-9-22-24(17-20)35-18-34-22/h6-9,16-17H,3-5,10-15,18H2,1-2H3. The van der Waals surface area contributed by atoms with Gasteiger partial charge < -0.3 is 28.7 Å². The van der Waals surface area contributed by atoms with Crippen molar-refractivity contribution in [3.63, 3.8) is 0 Å². The fourth-order valence-electron chi connectivity index (χ4n) is 5.54. The molecule has 0 spiro atoms. The minimum Gasteiger partial charge on any atom is -0.493 e. The third kappa shape index (κ3) is 4.26. The van der Waals surface area contributed by atoms with Gasteiger partial charge >= 0.3 is 0 Å². The zero-order valence-corrected chi connectivity index (χ0v) is 20.4. The maximum atomic E-state index is 14.0. The Morgan fingerprint density at radius 1 is 0.800 bits per heavy atom. The van der Waals surface area contributed by atoms with Crippen molar-refractivity contribution < 1.29 is 28.5 Å². The van der Waals surface area contributed by atoms with Crippen molar-refractivity contribution in [2.45, 2.75) is 37.5 Å². The topological polar surface area (TPSA) is 77.5 Å². The number of benzene rings is 2. The first-order chi connectivity index (χ1) is 17.1. The Morgan fingerprint density at radius 3 is 2.20 bits per heavy atom. The van der Waals surface area contributed by atoms with Crippen LogP contribution in [0.2, 0.25) is 0 Å². The lowest BCUT2D eigenvalue weighted by Crippen LogP contribution is -2.56. The summed E-state index contributed by atoms with van der Waals surface area (Å²) in [5, 5.41) is 0. The largest absolute Gasteiger partial charge is 0.493 e. The normalized spacial score (nSPS) is 18.8. The summed E-state index contributed by atoms with van der Waals surface area (Å²) in [5.74, 6) is 2.64. The molecule has 2 heterocycles. The molecular weight excluding hydrogens is 448 g/mol. The van der Waals surface area contributed by atoms with Crippen molar-refractivity contribution in [2.75, 3.05) is 47.2 Å². The van der Waals surface area contributed by atoms with Crippen molar-refractivity contribution in [1.29, 1.82) is 0 Å². The van der Waals surface area contributed by atoms with E-state index in [2.05, 4.69) is 0 Å². The van der Waals surface area contributed by atoms with Crippen LogP contribution in [0.4, 0.5) is 0 Å². The summed E-state index contributed by atoms with van der Waals surface area (Å²) >= 11 is 0. The fourth-order valence-corrected chi connectivity index (χ4v) is 5.54. The van der Waals surface area contributed by atoms with Crippen LogP contribution in [0.25, 0.3) is 0 Å². The number of ether oxygens (including phenoxy) is 4.